The zero-order chi connectivity index (χ0) is 20.9. The van der Waals surface area contributed by atoms with E-state index in [-0.39, 0.29) is 37.4 Å². The third-order valence-electron chi connectivity index (χ3n) is 4.99. The summed E-state index contributed by atoms with van der Waals surface area (Å²) in [6, 6.07) is 0. The van der Waals surface area contributed by atoms with Crippen LogP contribution in [0.2, 0.25) is 0 Å². The van der Waals surface area contributed by atoms with Crippen molar-refractivity contribution in [3.63, 3.8) is 0 Å². The number of allylic oxidation sites excluding steroid dienone is 1. The van der Waals surface area contributed by atoms with Crippen LogP contribution in [-0.4, -0.2) is 39.9 Å². The average Bonchev–Trinajstić information content (AvgIpc) is 2.56. The van der Waals surface area contributed by atoms with Crippen LogP contribution in [0.5, 0.6) is 0 Å². The summed E-state index contributed by atoms with van der Waals surface area (Å²) in [6.45, 7) is 5.64. The van der Waals surface area contributed by atoms with Crippen LogP contribution in [0.25, 0.3) is 0 Å². The quantitative estimate of drug-likeness (QED) is 0.138. The number of carbonyl (C=O) groups is 2. The first-order valence-corrected chi connectivity index (χ1v) is 11.1. The molecule has 0 fully saturated rings. The van der Waals surface area contributed by atoms with Crippen LogP contribution in [0.15, 0.2) is 12.7 Å². The van der Waals surface area contributed by atoms with E-state index in [1.165, 1.54) is 32.1 Å². The smallest absolute Gasteiger partial charge is 1.00 e. The zero-order valence-electron chi connectivity index (χ0n) is 18.2. The van der Waals surface area contributed by atoms with E-state index < -0.39 is 39.1 Å². The van der Waals surface area contributed by atoms with Crippen molar-refractivity contribution in [2.24, 2.45) is 5.92 Å². The van der Waals surface area contributed by atoms with Gasteiger partial charge in [0.15, 0.2) is 0 Å². The molecular formula is C19H35NaO7S. The molecule has 0 aromatic rings. The molecule has 9 heteroatoms. The molecule has 0 aliphatic carbocycles. The fourth-order valence-corrected chi connectivity index (χ4v) is 4.50. The van der Waals surface area contributed by atoms with Crippen LogP contribution >= 0.6 is 0 Å². The van der Waals surface area contributed by atoms with Gasteiger partial charge in [-0.1, -0.05) is 77.2 Å². The van der Waals surface area contributed by atoms with E-state index in [4.69, 9.17) is 5.11 Å². The average molecular weight is 431 g/mol. The van der Waals surface area contributed by atoms with Crippen molar-refractivity contribution in [1.29, 1.82) is 0 Å². The maximum Gasteiger partial charge on any atom is 1.00 e. The second kappa shape index (κ2) is 15.4. The molecule has 2 unspecified atom stereocenters. The molecule has 28 heavy (non-hydrogen) atoms. The van der Waals surface area contributed by atoms with E-state index in [1.54, 1.807) is 0 Å². The largest absolute Gasteiger partial charge is 1.00 e. The molecule has 0 aliphatic rings. The zero-order valence-corrected chi connectivity index (χ0v) is 20.0. The van der Waals surface area contributed by atoms with E-state index in [9.17, 15) is 27.7 Å². The Bertz CT molecular complexity index is 583. The first kappa shape index (κ1) is 29.8. The number of hydrogen-bond acceptors (Lipinski definition) is 4. The summed E-state index contributed by atoms with van der Waals surface area (Å²) in [4.78, 5) is 22.7. The van der Waals surface area contributed by atoms with Gasteiger partial charge < -0.3 is 11.6 Å². The van der Waals surface area contributed by atoms with Gasteiger partial charge in [-0.3, -0.25) is 14.1 Å². The SMILES string of the molecule is C=CC(CCCCCCCCCCCC)C(CC(=O)O)(C(=O)O)S(=O)(=O)O.[H-].[Na+]. The number of aliphatic carboxylic acids is 2. The third kappa shape index (κ3) is 9.87. The minimum Gasteiger partial charge on any atom is -1.00 e. The summed E-state index contributed by atoms with van der Waals surface area (Å²) in [6.07, 6.45) is 10.7. The molecular weight excluding hydrogens is 395 g/mol. The van der Waals surface area contributed by atoms with E-state index in [0.29, 0.717) is 6.42 Å². The summed E-state index contributed by atoms with van der Waals surface area (Å²) in [5.74, 6) is -4.66. The van der Waals surface area contributed by atoms with Gasteiger partial charge in [0.1, 0.15) is 0 Å². The standard InChI is InChI=1S/C19H34O7S.Na.H/c1-3-5-6-7-8-9-10-11-12-13-14-16(4-2)19(18(22)23,15-17(20)21)27(24,25)26;;/h4,16H,2-3,5-15H2,1H3,(H,20,21)(H,22,23)(H,24,25,26);;/q;+1;-1. The Morgan fingerprint density at radius 2 is 1.43 bits per heavy atom. The van der Waals surface area contributed by atoms with Gasteiger partial charge in [-0.2, -0.15) is 8.42 Å². The monoisotopic (exact) mass is 430 g/mol. The van der Waals surface area contributed by atoms with Crippen LogP contribution in [0.3, 0.4) is 0 Å². The van der Waals surface area contributed by atoms with Crippen LogP contribution in [0.1, 0.15) is 85.4 Å². The van der Waals surface area contributed by atoms with Crippen LogP contribution in [0, 0.1) is 5.92 Å². The molecule has 0 radical (unpaired) electrons. The number of hydrogen-bond donors (Lipinski definition) is 3. The number of rotatable bonds is 17. The van der Waals surface area contributed by atoms with Gasteiger partial charge in [0, 0.05) is 5.92 Å². The topological polar surface area (TPSA) is 129 Å². The predicted molar refractivity (Wildman–Crippen MR) is 105 cm³/mol. The summed E-state index contributed by atoms with van der Waals surface area (Å²) in [5.41, 5.74) is 0. The normalized spacial score (nSPS) is 14.5. The Kier molecular flexibility index (Phi) is 16.4. The van der Waals surface area contributed by atoms with Gasteiger partial charge in [0.25, 0.3) is 10.1 Å². The van der Waals surface area contributed by atoms with Crippen molar-refractivity contribution in [1.82, 2.24) is 0 Å². The molecule has 0 bridgehead atoms. The van der Waals surface area contributed by atoms with Crippen molar-refractivity contribution in [2.45, 2.75) is 88.7 Å². The third-order valence-corrected chi connectivity index (χ3v) is 6.53. The van der Waals surface area contributed by atoms with Crippen molar-refractivity contribution in [3.8, 4) is 0 Å². The molecule has 0 saturated heterocycles. The van der Waals surface area contributed by atoms with E-state index in [0.717, 1.165) is 31.8 Å². The van der Waals surface area contributed by atoms with Crippen molar-refractivity contribution in [3.05, 3.63) is 12.7 Å². The summed E-state index contributed by atoms with van der Waals surface area (Å²) in [7, 11) is -5.15. The summed E-state index contributed by atoms with van der Waals surface area (Å²) >= 11 is 0. The van der Waals surface area contributed by atoms with Crippen molar-refractivity contribution in [2.75, 3.05) is 0 Å². The van der Waals surface area contributed by atoms with Crippen LogP contribution in [0.4, 0.5) is 0 Å². The van der Waals surface area contributed by atoms with Gasteiger partial charge in [-0.05, 0) is 6.42 Å². The molecule has 0 aliphatic heterocycles. The first-order chi connectivity index (χ1) is 12.6. The van der Waals surface area contributed by atoms with Gasteiger partial charge in [0.2, 0.25) is 4.75 Å². The van der Waals surface area contributed by atoms with Crippen molar-refractivity contribution >= 4 is 22.1 Å². The van der Waals surface area contributed by atoms with Gasteiger partial charge in [-0.25, -0.2) is 0 Å². The molecule has 0 aromatic heterocycles. The maximum absolute atomic E-state index is 11.8. The Morgan fingerprint density at radius 1 is 1.00 bits per heavy atom. The molecule has 0 spiro atoms. The number of carboxylic acids is 2. The Labute approximate surface area is 192 Å². The maximum atomic E-state index is 11.8. The van der Waals surface area contributed by atoms with Crippen LogP contribution in [-0.2, 0) is 19.7 Å². The molecule has 2 atom stereocenters. The van der Waals surface area contributed by atoms with Gasteiger partial charge in [-0.15, -0.1) is 6.58 Å². The van der Waals surface area contributed by atoms with Crippen LogP contribution < -0.4 is 29.6 Å². The summed E-state index contributed by atoms with van der Waals surface area (Å²) < 4.78 is 30.2. The second-order valence-corrected chi connectivity index (χ2v) is 8.73. The fourth-order valence-electron chi connectivity index (χ4n) is 3.38. The molecule has 0 rings (SSSR count). The van der Waals surface area contributed by atoms with E-state index in [2.05, 4.69) is 13.5 Å². The minimum absolute atomic E-state index is 0. The van der Waals surface area contributed by atoms with E-state index >= 15 is 0 Å². The minimum atomic E-state index is -5.15. The molecule has 0 heterocycles. The molecule has 7 nitrogen and oxygen atoms in total. The molecule has 160 valence electrons. The molecule has 0 saturated carbocycles. The predicted octanol–water partition coefficient (Wildman–Crippen LogP) is 1.40. The number of unbranched alkanes of at least 4 members (excludes halogenated alkanes) is 9. The first-order valence-electron chi connectivity index (χ1n) is 9.68. The fraction of sp³-hybridized carbons (Fsp3) is 0.789. The Hall–Kier alpha value is -0.410. The van der Waals surface area contributed by atoms with Crippen molar-refractivity contribution < 1.29 is 63.8 Å². The molecule has 0 aromatic carbocycles. The Balaban J connectivity index is -0.00000338. The second-order valence-electron chi connectivity index (χ2n) is 7.05. The summed E-state index contributed by atoms with van der Waals surface area (Å²) in [5, 5.41) is 18.4. The number of carboxylic acid groups (broad SMARTS) is 2. The molecule has 3 N–H and O–H groups in total. The van der Waals surface area contributed by atoms with Gasteiger partial charge >= 0.3 is 41.5 Å². The Morgan fingerprint density at radius 3 is 1.75 bits per heavy atom. The van der Waals surface area contributed by atoms with Gasteiger partial charge in [0.05, 0.1) is 6.42 Å². The molecule has 0 amide bonds. The van der Waals surface area contributed by atoms with E-state index in [1.807, 2.05) is 0 Å².